The third-order valence-corrected chi connectivity index (χ3v) is 7.46. The first-order valence-corrected chi connectivity index (χ1v) is 12.8. The van der Waals surface area contributed by atoms with Crippen molar-refractivity contribution >= 4 is 29.5 Å². The standard InChI is InChI=1S/C22H39N3O5S/c26-16(9-3-1-5-13-20(28)29)10-4-2-8-14-23-19(27)12-7-6-11-18-21-17(15-31-18)24-22(30)25-21/h17-18,20-21,28-29H,1-15H2,(H,23,27)(H2,24,25,30). The molecule has 0 radical (unpaired) electrons. The molecule has 9 heteroatoms. The molecule has 2 saturated heterocycles. The smallest absolute Gasteiger partial charge is 0.315 e. The van der Waals surface area contributed by atoms with E-state index in [4.69, 9.17) is 10.2 Å². The van der Waals surface area contributed by atoms with Crippen LogP contribution < -0.4 is 16.0 Å². The van der Waals surface area contributed by atoms with Crippen LogP contribution in [0.25, 0.3) is 0 Å². The number of aliphatic hydroxyl groups excluding tert-OH is 1. The molecule has 178 valence electrons. The molecule has 3 atom stereocenters. The van der Waals surface area contributed by atoms with Crippen molar-refractivity contribution in [3.05, 3.63) is 0 Å². The second-order valence-electron chi connectivity index (χ2n) is 8.65. The number of ketones is 1. The zero-order valence-electron chi connectivity index (χ0n) is 18.4. The molecule has 0 aromatic heterocycles. The van der Waals surface area contributed by atoms with Crippen LogP contribution in [0.2, 0.25) is 0 Å². The van der Waals surface area contributed by atoms with Crippen molar-refractivity contribution in [2.24, 2.45) is 0 Å². The molecule has 5 N–H and O–H groups in total. The van der Waals surface area contributed by atoms with Gasteiger partial charge in [-0.05, 0) is 44.9 Å². The number of thioether (sulfide) groups is 1. The van der Waals surface area contributed by atoms with Crippen LogP contribution in [-0.4, -0.2) is 63.9 Å². The van der Waals surface area contributed by atoms with E-state index in [9.17, 15) is 14.4 Å². The van der Waals surface area contributed by atoms with Crippen LogP contribution in [0.1, 0.15) is 83.5 Å². The van der Waals surface area contributed by atoms with Crippen LogP contribution in [0.5, 0.6) is 0 Å². The minimum atomic E-state index is -1.24. The number of hydrogen-bond donors (Lipinski definition) is 5. The molecule has 0 aromatic carbocycles. The van der Waals surface area contributed by atoms with Gasteiger partial charge in [-0.1, -0.05) is 19.3 Å². The Hall–Kier alpha value is -1.32. The quantitative estimate of drug-likeness (QED) is 0.129. The van der Waals surface area contributed by atoms with Gasteiger partial charge in [0.15, 0.2) is 6.29 Å². The van der Waals surface area contributed by atoms with E-state index in [0.717, 1.165) is 63.5 Å². The molecule has 3 unspecified atom stereocenters. The highest BCUT2D eigenvalue weighted by molar-refractivity contribution is 8.00. The molecule has 2 fully saturated rings. The topological polar surface area (TPSA) is 128 Å². The van der Waals surface area contributed by atoms with Gasteiger partial charge in [0.2, 0.25) is 5.91 Å². The molecule has 2 heterocycles. The van der Waals surface area contributed by atoms with Crippen LogP contribution >= 0.6 is 11.8 Å². The van der Waals surface area contributed by atoms with Crippen molar-refractivity contribution in [1.29, 1.82) is 0 Å². The predicted molar refractivity (Wildman–Crippen MR) is 122 cm³/mol. The Labute approximate surface area is 189 Å². The minimum Gasteiger partial charge on any atom is -0.368 e. The number of carbonyl (C=O) groups is 3. The van der Waals surface area contributed by atoms with Crippen molar-refractivity contribution in [2.75, 3.05) is 12.3 Å². The van der Waals surface area contributed by atoms with Crippen molar-refractivity contribution in [1.82, 2.24) is 16.0 Å². The zero-order valence-corrected chi connectivity index (χ0v) is 19.3. The van der Waals surface area contributed by atoms with Crippen LogP contribution in [0, 0.1) is 0 Å². The normalized spacial score (nSPS) is 22.3. The molecule has 2 aliphatic heterocycles. The van der Waals surface area contributed by atoms with E-state index in [1.807, 2.05) is 11.8 Å². The van der Waals surface area contributed by atoms with Gasteiger partial charge in [0, 0.05) is 36.8 Å². The van der Waals surface area contributed by atoms with Crippen LogP contribution in [-0.2, 0) is 9.59 Å². The van der Waals surface area contributed by atoms with Crippen LogP contribution in [0.4, 0.5) is 4.79 Å². The summed E-state index contributed by atoms with van der Waals surface area (Å²) in [5.41, 5.74) is 0. The Bertz CT molecular complexity index is 575. The Morgan fingerprint density at radius 3 is 2.42 bits per heavy atom. The number of hydrogen-bond acceptors (Lipinski definition) is 6. The molecule has 31 heavy (non-hydrogen) atoms. The molecule has 0 aromatic rings. The maximum Gasteiger partial charge on any atom is 0.315 e. The molecule has 2 rings (SSSR count). The van der Waals surface area contributed by atoms with Gasteiger partial charge in [-0.15, -0.1) is 0 Å². The average molecular weight is 458 g/mol. The first kappa shape index (κ1) is 25.9. The Morgan fingerprint density at radius 2 is 1.68 bits per heavy atom. The second-order valence-corrected chi connectivity index (χ2v) is 9.92. The summed E-state index contributed by atoms with van der Waals surface area (Å²) >= 11 is 1.91. The molecule has 8 nitrogen and oxygen atoms in total. The van der Waals surface area contributed by atoms with Crippen molar-refractivity contribution in [3.63, 3.8) is 0 Å². The van der Waals surface area contributed by atoms with Crippen LogP contribution in [0.15, 0.2) is 0 Å². The first-order valence-electron chi connectivity index (χ1n) is 11.8. The van der Waals surface area contributed by atoms with E-state index >= 15 is 0 Å². The molecule has 0 spiro atoms. The summed E-state index contributed by atoms with van der Waals surface area (Å²) in [5.74, 6) is 1.33. The van der Waals surface area contributed by atoms with E-state index in [2.05, 4.69) is 16.0 Å². The fourth-order valence-corrected chi connectivity index (χ4v) is 5.71. The van der Waals surface area contributed by atoms with Gasteiger partial charge in [0.25, 0.3) is 0 Å². The average Bonchev–Trinajstić information content (AvgIpc) is 3.26. The largest absolute Gasteiger partial charge is 0.368 e. The lowest BCUT2D eigenvalue weighted by Gasteiger charge is -2.16. The lowest BCUT2D eigenvalue weighted by Crippen LogP contribution is -2.36. The van der Waals surface area contributed by atoms with Gasteiger partial charge in [0.1, 0.15) is 5.78 Å². The predicted octanol–water partition coefficient (Wildman–Crippen LogP) is 2.22. The van der Waals surface area contributed by atoms with E-state index in [1.165, 1.54) is 0 Å². The molecule has 0 aliphatic carbocycles. The highest BCUT2D eigenvalue weighted by atomic mass is 32.2. The Balaban J connectivity index is 1.36. The van der Waals surface area contributed by atoms with Gasteiger partial charge in [0.05, 0.1) is 12.1 Å². The van der Waals surface area contributed by atoms with Gasteiger partial charge in [-0.25, -0.2) is 4.79 Å². The maximum atomic E-state index is 12.0. The highest BCUT2D eigenvalue weighted by Gasteiger charge is 2.42. The first-order chi connectivity index (χ1) is 15.0. The summed E-state index contributed by atoms with van der Waals surface area (Å²) in [6.45, 7) is 0.663. The van der Waals surface area contributed by atoms with E-state index in [-0.39, 0.29) is 29.8 Å². The number of Topliss-reactive ketones (excluding diaryl/α,β-unsaturated/α-hetero) is 1. The number of amides is 3. The molecule has 2 aliphatic rings. The fourth-order valence-electron chi connectivity index (χ4n) is 4.17. The van der Waals surface area contributed by atoms with Gasteiger partial charge >= 0.3 is 6.03 Å². The van der Waals surface area contributed by atoms with Crippen LogP contribution in [0.3, 0.4) is 0 Å². The number of fused-ring (bicyclic) bond motifs is 1. The lowest BCUT2D eigenvalue weighted by atomic mass is 10.0. The Morgan fingerprint density at radius 1 is 0.968 bits per heavy atom. The summed E-state index contributed by atoms with van der Waals surface area (Å²) in [5, 5.41) is 26.9. The number of unbranched alkanes of at least 4 members (excludes halogenated alkanes) is 5. The highest BCUT2D eigenvalue weighted by Crippen LogP contribution is 2.33. The lowest BCUT2D eigenvalue weighted by molar-refractivity contribution is -0.121. The summed E-state index contributed by atoms with van der Waals surface area (Å²) < 4.78 is 0. The van der Waals surface area contributed by atoms with Crippen molar-refractivity contribution in [2.45, 2.75) is 107 Å². The van der Waals surface area contributed by atoms with Gasteiger partial charge in [-0.3, -0.25) is 9.59 Å². The summed E-state index contributed by atoms with van der Waals surface area (Å²) in [4.78, 5) is 35.1. The van der Waals surface area contributed by atoms with E-state index < -0.39 is 6.29 Å². The number of aliphatic hydroxyl groups is 2. The van der Waals surface area contributed by atoms with Gasteiger partial charge in [-0.2, -0.15) is 11.8 Å². The van der Waals surface area contributed by atoms with Gasteiger partial charge < -0.3 is 26.2 Å². The summed E-state index contributed by atoms with van der Waals surface area (Å²) in [7, 11) is 0. The summed E-state index contributed by atoms with van der Waals surface area (Å²) in [6.07, 6.45) is 8.81. The van der Waals surface area contributed by atoms with Crippen molar-refractivity contribution < 1.29 is 24.6 Å². The zero-order chi connectivity index (χ0) is 22.5. The van der Waals surface area contributed by atoms with E-state index in [0.29, 0.717) is 37.5 Å². The Kier molecular flexibility index (Phi) is 12.3. The SMILES string of the molecule is O=C(CCCCCNC(=O)CCCCC1SCC2NC(=O)NC21)CCCCCC(O)O. The number of nitrogens with one attached hydrogen (secondary N) is 3. The maximum absolute atomic E-state index is 12.0. The molecule has 0 bridgehead atoms. The van der Waals surface area contributed by atoms with E-state index in [1.54, 1.807) is 0 Å². The molecular formula is C22H39N3O5S. The fraction of sp³-hybridized carbons (Fsp3) is 0.864. The molecular weight excluding hydrogens is 418 g/mol. The molecule has 3 amide bonds. The number of rotatable bonds is 17. The van der Waals surface area contributed by atoms with Crippen molar-refractivity contribution in [3.8, 4) is 0 Å². The summed E-state index contributed by atoms with van der Waals surface area (Å²) in [6, 6.07) is 0.436. The number of carbonyl (C=O) groups excluding carboxylic acids is 3. The second kappa shape index (κ2) is 14.7. The monoisotopic (exact) mass is 457 g/mol. The molecule has 0 saturated carbocycles. The third kappa shape index (κ3) is 10.7. The number of urea groups is 1. The third-order valence-electron chi connectivity index (χ3n) is 5.95. The minimum absolute atomic E-state index is 0.0557.